The molecule has 1 N–H and O–H groups in total. The van der Waals surface area contributed by atoms with E-state index in [-0.39, 0.29) is 5.91 Å². The predicted octanol–water partition coefficient (Wildman–Crippen LogP) is 0.105. The van der Waals surface area contributed by atoms with Crippen molar-refractivity contribution >= 4 is 5.91 Å². The van der Waals surface area contributed by atoms with Crippen LogP contribution in [0.1, 0.15) is 16.1 Å². The summed E-state index contributed by atoms with van der Waals surface area (Å²) in [5.74, 6) is -0.104. The summed E-state index contributed by atoms with van der Waals surface area (Å²) in [6.07, 6.45) is 1.71. The lowest BCUT2D eigenvalue weighted by Crippen LogP contribution is -2.27. The molecule has 0 aliphatic heterocycles. The molecular formula is C9H15N3O2. The summed E-state index contributed by atoms with van der Waals surface area (Å²) in [4.78, 5) is 11.5. The summed E-state index contributed by atoms with van der Waals surface area (Å²) < 4.78 is 6.45. The summed E-state index contributed by atoms with van der Waals surface area (Å²) in [5, 5.41) is 6.82. The van der Waals surface area contributed by atoms with Crippen molar-refractivity contribution in [2.45, 2.75) is 6.92 Å². The minimum absolute atomic E-state index is 0.104. The number of aromatic nitrogens is 2. The van der Waals surface area contributed by atoms with Crippen LogP contribution in [0.3, 0.4) is 0 Å². The Morgan fingerprint density at radius 1 is 1.71 bits per heavy atom. The van der Waals surface area contributed by atoms with Gasteiger partial charge >= 0.3 is 0 Å². The van der Waals surface area contributed by atoms with Gasteiger partial charge in [0.2, 0.25) is 0 Å². The van der Waals surface area contributed by atoms with Crippen LogP contribution in [-0.4, -0.2) is 35.9 Å². The van der Waals surface area contributed by atoms with Gasteiger partial charge in [-0.3, -0.25) is 9.48 Å². The molecule has 5 nitrogen and oxygen atoms in total. The van der Waals surface area contributed by atoms with Crippen LogP contribution in [0.4, 0.5) is 0 Å². The van der Waals surface area contributed by atoms with E-state index in [1.807, 2.05) is 6.92 Å². The SMILES string of the molecule is COCCNC(=O)c1cn(C)nc1C. The first-order valence-electron chi connectivity index (χ1n) is 4.42. The Balaban J connectivity index is 2.56. The van der Waals surface area contributed by atoms with Crippen LogP contribution < -0.4 is 5.32 Å². The fourth-order valence-corrected chi connectivity index (χ4v) is 1.18. The summed E-state index contributed by atoms with van der Waals surface area (Å²) >= 11 is 0. The smallest absolute Gasteiger partial charge is 0.254 e. The van der Waals surface area contributed by atoms with Gasteiger partial charge < -0.3 is 10.1 Å². The second-order valence-corrected chi connectivity index (χ2v) is 3.05. The third-order valence-electron chi connectivity index (χ3n) is 1.85. The van der Waals surface area contributed by atoms with Gasteiger partial charge in [-0.2, -0.15) is 5.10 Å². The molecule has 0 saturated heterocycles. The molecule has 1 heterocycles. The number of aryl methyl sites for hydroxylation is 2. The molecule has 0 radical (unpaired) electrons. The molecule has 0 bridgehead atoms. The molecular weight excluding hydrogens is 182 g/mol. The number of methoxy groups -OCH3 is 1. The maximum Gasteiger partial charge on any atom is 0.254 e. The molecule has 5 heteroatoms. The maximum absolute atomic E-state index is 11.5. The van der Waals surface area contributed by atoms with Gasteiger partial charge in [-0.25, -0.2) is 0 Å². The third kappa shape index (κ3) is 2.56. The van der Waals surface area contributed by atoms with E-state index >= 15 is 0 Å². The number of carbonyl (C=O) groups is 1. The molecule has 0 atom stereocenters. The van der Waals surface area contributed by atoms with Crippen LogP contribution in [-0.2, 0) is 11.8 Å². The second kappa shape index (κ2) is 4.76. The van der Waals surface area contributed by atoms with E-state index in [2.05, 4.69) is 10.4 Å². The van der Waals surface area contributed by atoms with Crippen molar-refractivity contribution in [2.24, 2.45) is 7.05 Å². The zero-order chi connectivity index (χ0) is 10.6. The number of hydrogen-bond acceptors (Lipinski definition) is 3. The maximum atomic E-state index is 11.5. The second-order valence-electron chi connectivity index (χ2n) is 3.05. The summed E-state index contributed by atoms with van der Waals surface area (Å²) in [7, 11) is 3.39. The Kier molecular flexibility index (Phi) is 3.64. The van der Waals surface area contributed by atoms with Gasteiger partial charge in [-0.05, 0) is 6.92 Å². The van der Waals surface area contributed by atoms with E-state index in [1.54, 1.807) is 25.0 Å². The Morgan fingerprint density at radius 3 is 2.93 bits per heavy atom. The molecule has 1 amide bonds. The average molecular weight is 197 g/mol. The first-order valence-corrected chi connectivity index (χ1v) is 4.42. The van der Waals surface area contributed by atoms with E-state index in [9.17, 15) is 4.79 Å². The largest absolute Gasteiger partial charge is 0.383 e. The fraction of sp³-hybridized carbons (Fsp3) is 0.556. The van der Waals surface area contributed by atoms with E-state index in [1.165, 1.54) is 0 Å². The molecule has 0 aliphatic rings. The van der Waals surface area contributed by atoms with Crippen molar-refractivity contribution in [1.82, 2.24) is 15.1 Å². The number of nitrogens with zero attached hydrogens (tertiary/aromatic N) is 2. The van der Waals surface area contributed by atoms with Gasteiger partial charge in [0.15, 0.2) is 0 Å². The summed E-state index contributed by atoms with van der Waals surface area (Å²) in [6.45, 7) is 2.85. The van der Waals surface area contributed by atoms with Gasteiger partial charge in [-0.15, -0.1) is 0 Å². The molecule has 0 unspecified atom stereocenters. The van der Waals surface area contributed by atoms with Gasteiger partial charge in [0, 0.05) is 26.9 Å². The van der Waals surface area contributed by atoms with Crippen molar-refractivity contribution in [3.05, 3.63) is 17.5 Å². The quantitative estimate of drug-likeness (QED) is 0.697. The van der Waals surface area contributed by atoms with Crippen molar-refractivity contribution in [3.8, 4) is 0 Å². The van der Waals surface area contributed by atoms with E-state index in [0.717, 1.165) is 5.69 Å². The zero-order valence-electron chi connectivity index (χ0n) is 8.70. The van der Waals surface area contributed by atoms with Crippen LogP contribution in [0.5, 0.6) is 0 Å². The molecule has 0 spiro atoms. The third-order valence-corrected chi connectivity index (χ3v) is 1.85. The highest BCUT2D eigenvalue weighted by Gasteiger charge is 2.10. The monoisotopic (exact) mass is 197 g/mol. The van der Waals surface area contributed by atoms with E-state index in [4.69, 9.17) is 4.74 Å². The number of hydrogen-bond donors (Lipinski definition) is 1. The van der Waals surface area contributed by atoms with Gasteiger partial charge in [-0.1, -0.05) is 0 Å². The molecule has 0 aromatic carbocycles. The van der Waals surface area contributed by atoms with Gasteiger partial charge in [0.05, 0.1) is 17.9 Å². The lowest BCUT2D eigenvalue weighted by Gasteiger charge is -2.02. The highest BCUT2D eigenvalue weighted by atomic mass is 16.5. The molecule has 1 rings (SSSR count). The Hall–Kier alpha value is -1.36. The Labute approximate surface area is 83.1 Å². The molecule has 0 aliphatic carbocycles. The lowest BCUT2D eigenvalue weighted by atomic mass is 10.2. The minimum atomic E-state index is -0.104. The first-order chi connectivity index (χ1) is 6.65. The Morgan fingerprint density at radius 2 is 2.43 bits per heavy atom. The molecule has 0 saturated carbocycles. The van der Waals surface area contributed by atoms with Crippen LogP contribution >= 0.6 is 0 Å². The number of rotatable bonds is 4. The number of ether oxygens (including phenoxy) is 1. The van der Waals surface area contributed by atoms with Crippen molar-refractivity contribution in [3.63, 3.8) is 0 Å². The van der Waals surface area contributed by atoms with Crippen LogP contribution in [0.2, 0.25) is 0 Å². The van der Waals surface area contributed by atoms with Crippen LogP contribution in [0.25, 0.3) is 0 Å². The number of amides is 1. The first kappa shape index (κ1) is 10.7. The van der Waals surface area contributed by atoms with Gasteiger partial charge in [0.1, 0.15) is 0 Å². The Bertz CT molecular complexity index is 320. The minimum Gasteiger partial charge on any atom is -0.383 e. The topological polar surface area (TPSA) is 56.1 Å². The zero-order valence-corrected chi connectivity index (χ0v) is 8.70. The molecule has 1 aromatic rings. The molecule has 14 heavy (non-hydrogen) atoms. The van der Waals surface area contributed by atoms with Crippen LogP contribution in [0.15, 0.2) is 6.20 Å². The summed E-state index contributed by atoms with van der Waals surface area (Å²) in [5.41, 5.74) is 1.35. The standard InChI is InChI=1S/C9H15N3O2/c1-7-8(6-12(2)11-7)9(13)10-4-5-14-3/h6H,4-5H2,1-3H3,(H,10,13). The summed E-state index contributed by atoms with van der Waals surface area (Å²) in [6, 6.07) is 0. The molecule has 0 fully saturated rings. The van der Waals surface area contributed by atoms with Crippen molar-refractivity contribution < 1.29 is 9.53 Å². The van der Waals surface area contributed by atoms with Crippen molar-refractivity contribution in [2.75, 3.05) is 20.3 Å². The number of nitrogens with one attached hydrogen (secondary N) is 1. The van der Waals surface area contributed by atoms with Crippen molar-refractivity contribution in [1.29, 1.82) is 0 Å². The molecule has 78 valence electrons. The lowest BCUT2D eigenvalue weighted by molar-refractivity contribution is 0.0936. The average Bonchev–Trinajstić information content (AvgIpc) is 2.45. The highest BCUT2D eigenvalue weighted by Crippen LogP contribution is 2.03. The van der Waals surface area contributed by atoms with E-state index in [0.29, 0.717) is 18.7 Å². The number of carbonyl (C=O) groups excluding carboxylic acids is 1. The van der Waals surface area contributed by atoms with E-state index < -0.39 is 0 Å². The highest BCUT2D eigenvalue weighted by molar-refractivity contribution is 5.94. The normalized spacial score (nSPS) is 10.2. The predicted molar refractivity (Wildman–Crippen MR) is 52.2 cm³/mol. The molecule has 1 aromatic heterocycles. The van der Waals surface area contributed by atoms with Gasteiger partial charge in [0.25, 0.3) is 5.91 Å². The fourth-order valence-electron chi connectivity index (χ4n) is 1.18. The van der Waals surface area contributed by atoms with Crippen LogP contribution in [0, 0.1) is 6.92 Å².